The Labute approximate surface area is 112 Å². The van der Waals surface area contributed by atoms with E-state index < -0.39 is 0 Å². The lowest BCUT2D eigenvalue weighted by Crippen LogP contribution is -2.19. The first-order chi connectivity index (χ1) is 9.10. The zero-order valence-corrected chi connectivity index (χ0v) is 11.1. The standard InChI is InChI=1S/C16H17F2N/c1-11-7-13(9-14(17)8-11)16(19-2)10-12-5-3-4-6-15(12)18/h3-9,16,19H,10H2,1-2H3. The largest absolute Gasteiger partial charge is 0.313 e. The average molecular weight is 261 g/mol. The Balaban J connectivity index is 2.28. The van der Waals surface area contributed by atoms with Gasteiger partial charge >= 0.3 is 0 Å². The minimum Gasteiger partial charge on any atom is -0.313 e. The number of nitrogens with one attached hydrogen (secondary N) is 1. The van der Waals surface area contributed by atoms with Gasteiger partial charge in [0.05, 0.1) is 0 Å². The van der Waals surface area contributed by atoms with E-state index in [1.807, 2.05) is 19.1 Å². The van der Waals surface area contributed by atoms with Gasteiger partial charge in [0.15, 0.2) is 0 Å². The first-order valence-electron chi connectivity index (χ1n) is 6.28. The molecule has 3 heteroatoms. The van der Waals surface area contributed by atoms with Crippen molar-refractivity contribution in [1.82, 2.24) is 5.32 Å². The third-order valence-corrected chi connectivity index (χ3v) is 3.20. The second-order valence-electron chi connectivity index (χ2n) is 4.70. The van der Waals surface area contributed by atoms with Crippen molar-refractivity contribution in [1.29, 1.82) is 0 Å². The number of hydrogen-bond acceptors (Lipinski definition) is 1. The number of benzene rings is 2. The van der Waals surface area contributed by atoms with Gasteiger partial charge in [0.2, 0.25) is 0 Å². The summed E-state index contributed by atoms with van der Waals surface area (Å²) in [6.45, 7) is 1.85. The number of hydrogen-bond donors (Lipinski definition) is 1. The molecule has 0 saturated carbocycles. The summed E-state index contributed by atoms with van der Waals surface area (Å²) in [5, 5.41) is 3.12. The molecule has 1 nitrogen and oxygen atoms in total. The lowest BCUT2D eigenvalue weighted by molar-refractivity contribution is 0.548. The van der Waals surface area contributed by atoms with E-state index in [9.17, 15) is 8.78 Å². The summed E-state index contributed by atoms with van der Waals surface area (Å²) in [7, 11) is 1.80. The maximum absolute atomic E-state index is 13.7. The van der Waals surface area contributed by atoms with Gasteiger partial charge in [0, 0.05) is 6.04 Å². The van der Waals surface area contributed by atoms with E-state index in [0.717, 1.165) is 11.1 Å². The van der Waals surface area contributed by atoms with Gasteiger partial charge < -0.3 is 5.32 Å². The van der Waals surface area contributed by atoms with Crippen molar-refractivity contribution in [2.45, 2.75) is 19.4 Å². The fourth-order valence-electron chi connectivity index (χ4n) is 2.24. The van der Waals surface area contributed by atoms with Crippen LogP contribution in [-0.2, 0) is 6.42 Å². The zero-order valence-electron chi connectivity index (χ0n) is 11.1. The molecule has 0 aliphatic carbocycles. The first-order valence-corrected chi connectivity index (χ1v) is 6.28. The smallest absolute Gasteiger partial charge is 0.126 e. The van der Waals surface area contributed by atoms with Gasteiger partial charge in [-0.1, -0.05) is 24.3 Å². The van der Waals surface area contributed by atoms with Gasteiger partial charge in [-0.15, -0.1) is 0 Å². The Morgan fingerprint density at radius 2 is 1.84 bits per heavy atom. The summed E-state index contributed by atoms with van der Waals surface area (Å²) in [6, 6.07) is 11.5. The van der Waals surface area contributed by atoms with Crippen LogP contribution in [0.3, 0.4) is 0 Å². The molecule has 2 rings (SSSR count). The predicted octanol–water partition coefficient (Wildman–Crippen LogP) is 3.78. The van der Waals surface area contributed by atoms with Crippen molar-refractivity contribution in [3.63, 3.8) is 0 Å². The zero-order chi connectivity index (χ0) is 13.8. The summed E-state index contributed by atoms with van der Waals surface area (Å²) in [5.41, 5.74) is 2.33. The molecule has 0 aliphatic heterocycles. The number of rotatable bonds is 4. The van der Waals surface area contributed by atoms with Crippen LogP contribution in [-0.4, -0.2) is 7.05 Å². The van der Waals surface area contributed by atoms with Gasteiger partial charge in [-0.05, 0) is 55.3 Å². The number of likely N-dealkylation sites (N-methyl/N-ethyl adjacent to an activating group) is 1. The lowest BCUT2D eigenvalue weighted by Gasteiger charge is -2.18. The molecule has 1 N–H and O–H groups in total. The normalized spacial score (nSPS) is 12.4. The lowest BCUT2D eigenvalue weighted by atomic mass is 9.97. The topological polar surface area (TPSA) is 12.0 Å². The molecule has 0 fully saturated rings. The van der Waals surface area contributed by atoms with E-state index >= 15 is 0 Å². The number of halogens is 2. The van der Waals surface area contributed by atoms with Crippen LogP contribution in [0.5, 0.6) is 0 Å². The molecule has 1 atom stereocenters. The van der Waals surface area contributed by atoms with Crippen molar-refractivity contribution in [2.75, 3.05) is 7.05 Å². The van der Waals surface area contributed by atoms with Crippen molar-refractivity contribution >= 4 is 0 Å². The molecule has 0 bridgehead atoms. The predicted molar refractivity (Wildman–Crippen MR) is 73.0 cm³/mol. The van der Waals surface area contributed by atoms with Gasteiger partial charge in [-0.25, -0.2) is 8.78 Å². The van der Waals surface area contributed by atoms with E-state index in [1.165, 1.54) is 18.2 Å². The quantitative estimate of drug-likeness (QED) is 0.883. The van der Waals surface area contributed by atoms with E-state index in [4.69, 9.17) is 0 Å². The molecule has 0 heterocycles. The van der Waals surface area contributed by atoms with Crippen LogP contribution in [0, 0.1) is 18.6 Å². The molecule has 0 amide bonds. The molecule has 1 unspecified atom stereocenters. The average Bonchev–Trinajstić information content (AvgIpc) is 2.36. The van der Waals surface area contributed by atoms with Gasteiger partial charge in [-0.2, -0.15) is 0 Å². The maximum atomic E-state index is 13.7. The van der Waals surface area contributed by atoms with Gasteiger partial charge in [0.1, 0.15) is 11.6 Å². The third kappa shape index (κ3) is 3.38. The van der Waals surface area contributed by atoms with Crippen molar-refractivity contribution < 1.29 is 8.78 Å². The number of aryl methyl sites for hydroxylation is 1. The molecule has 0 aromatic heterocycles. The van der Waals surface area contributed by atoms with Gasteiger partial charge in [0.25, 0.3) is 0 Å². The Morgan fingerprint density at radius 3 is 2.47 bits per heavy atom. The van der Waals surface area contributed by atoms with Crippen LogP contribution >= 0.6 is 0 Å². The molecule has 0 aliphatic rings. The van der Waals surface area contributed by atoms with Crippen molar-refractivity contribution in [3.8, 4) is 0 Å². The molecular formula is C16H17F2N. The second-order valence-corrected chi connectivity index (χ2v) is 4.70. The van der Waals surface area contributed by atoms with Crippen LogP contribution in [0.25, 0.3) is 0 Å². The molecule has 2 aromatic carbocycles. The highest BCUT2D eigenvalue weighted by atomic mass is 19.1. The molecule has 100 valence electrons. The first kappa shape index (κ1) is 13.7. The molecule has 2 aromatic rings. The van der Waals surface area contributed by atoms with Crippen LogP contribution in [0.1, 0.15) is 22.7 Å². The van der Waals surface area contributed by atoms with Crippen LogP contribution < -0.4 is 5.32 Å². The highest BCUT2D eigenvalue weighted by molar-refractivity contribution is 5.28. The molecule has 0 radical (unpaired) electrons. The molecule has 0 saturated heterocycles. The van der Waals surface area contributed by atoms with Gasteiger partial charge in [-0.3, -0.25) is 0 Å². The van der Waals surface area contributed by atoms with Crippen LogP contribution in [0.15, 0.2) is 42.5 Å². The Morgan fingerprint density at radius 1 is 1.11 bits per heavy atom. The van der Waals surface area contributed by atoms with E-state index in [0.29, 0.717) is 12.0 Å². The van der Waals surface area contributed by atoms with Crippen molar-refractivity contribution in [3.05, 3.63) is 70.8 Å². The Bertz CT molecular complexity index is 546. The second kappa shape index (κ2) is 5.93. The highest BCUT2D eigenvalue weighted by Gasteiger charge is 2.13. The Hall–Kier alpha value is -1.74. The molecule has 19 heavy (non-hydrogen) atoms. The monoisotopic (exact) mass is 261 g/mol. The summed E-state index contributed by atoms with van der Waals surface area (Å²) in [4.78, 5) is 0. The molecule has 0 spiro atoms. The SMILES string of the molecule is CNC(Cc1ccccc1F)c1cc(C)cc(F)c1. The van der Waals surface area contributed by atoms with E-state index in [-0.39, 0.29) is 17.7 Å². The minimum absolute atomic E-state index is 0.105. The summed E-state index contributed by atoms with van der Waals surface area (Å²) in [5.74, 6) is -0.486. The molecular weight excluding hydrogens is 244 g/mol. The summed E-state index contributed by atoms with van der Waals surface area (Å²) in [6.07, 6.45) is 0.492. The van der Waals surface area contributed by atoms with E-state index in [1.54, 1.807) is 19.2 Å². The minimum atomic E-state index is -0.260. The highest BCUT2D eigenvalue weighted by Crippen LogP contribution is 2.21. The maximum Gasteiger partial charge on any atom is 0.126 e. The summed E-state index contributed by atoms with van der Waals surface area (Å²) >= 11 is 0. The van der Waals surface area contributed by atoms with Crippen LogP contribution in [0.2, 0.25) is 0 Å². The fraction of sp³-hybridized carbons (Fsp3) is 0.250. The summed E-state index contributed by atoms with van der Waals surface area (Å²) < 4.78 is 27.1. The van der Waals surface area contributed by atoms with Crippen LogP contribution in [0.4, 0.5) is 8.78 Å². The Kier molecular flexibility index (Phi) is 4.27. The fourth-order valence-corrected chi connectivity index (χ4v) is 2.24. The van der Waals surface area contributed by atoms with Crippen molar-refractivity contribution in [2.24, 2.45) is 0 Å². The third-order valence-electron chi connectivity index (χ3n) is 3.20. The van der Waals surface area contributed by atoms with E-state index in [2.05, 4.69) is 5.32 Å².